The fourth-order valence-corrected chi connectivity index (χ4v) is 3.49. The van der Waals surface area contributed by atoms with E-state index in [4.69, 9.17) is 5.73 Å². The van der Waals surface area contributed by atoms with Crippen molar-refractivity contribution in [2.45, 2.75) is 84.0 Å². The predicted octanol–water partition coefficient (Wildman–Crippen LogP) is 3.92. The van der Waals surface area contributed by atoms with Gasteiger partial charge in [-0.2, -0.15) is 0 Å². The van der Waals surface area contributed by atoms with Crippen molar-refractivity contribution >= 4 is 16.7 Å². The first-order valence-electron chi connectivity index (χ1n) is 8.30. The summed E-state index contributed by atoms with van der Waals surface area (Å²) in [5, 5.41) is 0. The number of hydrogen-bond acceptors (Lipinski definition) is 2. The molecule has 4 heteroatoms. The SMILES string of the molecule is CCCCCS(=O)CCCCCCCCCCC(N)=O. The highest BCUT2D eigenvalue weighted by atomic mass is 32.2. The van der Waals surface area contributed by atoms with E-state index in [9.17, 15) is 9.00 Å². The van der Waals surface area contributed by atoms with Crippen molar-refractivity contribution in [2.24, 2.45) is 5.73 Å². The molecule has 1 amide bonds. The fourth-order valence-electron chi connectivity index (χ4n) is 2.24. The Kier molecular flexibility index (Phi) is 14.7. The molecule has 20 heavy (non-hydrogen) atoms. The van der Waals surface area contributed by atoms with Crippen molar-refractivity contribution in [3.63, 3.8) is 0 Å². The molecular formula is C16H33NO2S. The standard InChI is InChI=1S/C16H33NO2S/c1-2-3-11-14-20(19)15-12-9-7-5-4-6-8-10-13-16(17)18/h2-15H2,1H3,(H2,17,18). The summed E-state index contributed by atoms with van der Waals surface area (Å²) in [6.07, 6.45) is 13.4. The summed E-state index contributed by atoms with van der Waals surface area (Å²) >= 11 is 0. The molecule has 0 saturated heterocycles. The van der Waals surface area contributed by atoms with E-state index in [0.29, 0.717) is 6.42 Å². The Hall–Kier alpha value is -0.380. The van der Waals surface area contributed by atoms with Gasteiger partial charge in [-0.3, -0.25) is 9.00 Å². The molecule has 1 unspecified atom stereocenters. The van der Waals surface area contributed by atoms with Gasteiger partial charge in [0.25, 0.3) is 0 Å². The molecule has 0 spiro atoms. The molecule has 3 nitrogen and oxygen atoms in total. The van der Waals surface area contributed by atoms with Crippen molar-refractivity contribution in [3.05, 3.63) is 0 Å². The van der Waals surface area contributed by atoms with Crippen LogP contribution in [-0.2, 0) is 15.6 Å². The van der Waals surface area contributed by atoms with Crippen LogP contribution in [0.3, 0.4) is 0 Å². The molecule has 0 aromatic rings. The molecule has 0 aromatic carbocycles. The Morgan fingerprint density at radius 3 is 1.75 bits per heavy atom. The van der Waals surface area contributed by atoms with Crippen LogP contribution in [0.25, 0.3) is 0 Å². The molecule has 0 bridgehead atoms. The third-order valence-corrected chi connectivity index (χ3v) is 5.01. The van der Waals surface area contributed by atoms with Gasteiger partial charge in [0.15, 0.2) is 0 Å². The predicted molar refractivity (Wildman–Crippen MR) is 88.1 cm³/mol. The lowest BCUT2D eigenvalue weighted by atomic mass is 10.1. The van der Waals surface area contributed by atoms with Gasteiger partial charge in [0.05, 0.1) is 0 Å². The smallest absolute Gasteiger partial charge is 0.217 e. The Labute approximate surface area is 127 Å². The average Bonchev–Trinajstić information content (AvgIpc) is 2.41. The number of unbranched alkanes of at least 4 members (excludes halogenated alkanes) is 9. The first-order chi connectivity index (χ1) is 9.66. The second kappa shape index (κ2) is 15.0. The van der Waals surface area contributed by atoms with Crippen LogP contribution in [0.4, 0.5) is 0 Å². The minimum Gasteiger partial charge on any atom is -0.370 e. The van der Waals surface area contributed by atoms with E-state index in [1.54, 1.807) is 0 Å². The molecule has 0 saturated carbocycles. The molecule has 1 atom stereocenters. The number of amides is 1. The van der Waals surface area contributed by atoms with Crippen molar-refractivity contribution < 1.29 is 9.00 Å². The maximum Gasteiger partial charge on any atom is 0.217 e. The van der Waals surface area contributed by atoms with Crippen LogP contribution in [0.5, 0.6) is 0 Å². The molecule has 0 aliphatic heterocycles. The molecule has 0 aromatic heterocycles. The maximum atomic E-state index is 11.7. The minimum atomic E-state index is -0.581. The van der Waals surface area contributed by atoms with Crippen LogP contribution in [0.15, 0.2) is 0 Å². The molecule has 0 aliphatic carbocycles. The third kappa shape index (κ3) is 15.7. The lowest BCUT2D eigenvalue weighted by molar-refractivity contribution is -0.118. The zero-order valence-electron chi connectivity index (χ0n) is 13.2. The second-order valence-corrected chi connectivity index (χ2v) is 7.30. The molecule has 0 heterocycles. The zero-order chi connectivity index (χ0) is 15.1. The summed E-state index contributed by atoms with van der Waals surface area (Å²) in [6.45, 7) is 2.18. The van der Waals surface area contributed by atoms with Crippen molar-refractivity contribution in [2.75, 3.05) is 11.5 Å². The van der Waals surface area contributed by atoms with E-state index in [1.807, 2.05) is 0 Å². The van der Waals surface area contributed by atoms with Gasteiger partial charge in [0.1, 0.15) is 0 Å². The van der Waals surface area contributed by atoms with Crippen LogP contribution < -0.4 is 5.73 Å². The quantitative estimate of drug-likeness (QED) is 0.466. The summed E-state index contributed by atoms with van der Waals surface area (Å²) < 4.78 is 11.7. The molecular weight excluding hydrogens is 270 g/mol. The third-order valence-electron chi connectivity index (χ3n) is 3.52. The van der Waals surface area contributed by atoms with E-state index in [-0.39, 0.29) is 5.91 Å². The van der Waals surface area contributed by atoms with Crippen LogP contribution in [0, 0.1) is 0 Å². The number of hydrogen-bond donors (Lipinski definition) is 1. The van der Waals surface area contributed by atoms with Crippen molar-refractivity contribution in [1.82, 2.24) is 0 Å². The van der Waals surface area contributed by atoms with E-state index in [0.717, 1.165) is 37.2 Å². The zero-order valence-corrected chi connectivity index (χ0v) is 14.0. The monoisotopic (exact) mass is 303 g/mol. The molecule has 0 rings (SSSR count). The second-order valence-electron chi connectivity index (χ2n) is 5.60. The number of nitrogens with two attached hydrogens (primary N) is 1. The highest BCUT2D eigenvalue weighted by Crippen LogP contribution is 2.10. The topological polar surface area (TPSA) is 60.2 Å². The van der Waals surface area contributed by atoms with Crippen molar-refractivity contribution in [1.29, 1.82) is 0 Å². The Morgan fingerprint density at radius 2 is 1.25 bits per heavy atom. The lowest BCUT2D eigenvalue weighted by Crippen LogP contribution is -2.09. The Bertz CT molecular complexity index is 257. The van der Waals surface area contributed by atoms with E-state index < -0.39 is 10.8 Å². The molecule has 2 N–H and O–H groups in total. The Morgan fingerprint density at radius 1 is 0.800 bits per heavy atom. The van der Waals surface area contributed by atoms with E-state index in [2.05, 4.69) is 6.92 Å². The van der Waals surface area contributed by atoms with Crippen LogP contribution in [0.2, 0.25) is 0 Å². The van der Waals surface area contributed by atoms with E-state index in [1.165, 1.54) is 44.9 Å². The molecule has 0 radical (unpaired) electrons. The number of rotatable bonds is 15. The average molecular weight is 304 g/mol. The van der Waals surface area contributed by atoms with Crippen LogP contribution in [0.1, 0.15) is 84.0 Å². The van der Waals surface area contributed by atoms with Gasteiger partial charge >= 0.3 is 0 Å². The van der Waals surface area contributed by atoms with Gasteiger partial charge in [0, 0.05) is 28.7 Å². The lowest BCUT2D eigenvalue weighted by Gasteiger charge is -2.03. The van der Waals surface area contributed by atoms with Gasteiger partial charge in [-0.25, -0.2) is 0 Å². The summed E-state index contributed by atoms with van der Waals surface area (Å²) in [7, 11) is -0.581. The highest BCUT2D eigenvalue weighted by Gasteiger charge is 1.99. The van der Waals surface area contributed by atoms with E-state index >= 15 is 0 Å². The fraction of sp³-hybridized carbons (Fsp3) is 0.938. The maximum absolute atomic E-state index is 11.7. The minimum absolute atomic E-state index is 0.183. The normalized spacial score (nSPS) is 12.4. The largest absolute Gasteiger partial charge is 0.370 e. The van der Waals surface area contributed by atoms with Gasteiger partial charge in [0.2, 0.25) is 5.91 Å². The molecule has 120 valence electrons. The number of carbonyl (C=O) groups is 1. The van der Waals surface area contributed by atoms with Crippen LogP contribution in [-0.4, -0.2) is 21.6 Å². The van der Waals surface area contributed by atoms with Gasteiger partial charge in [-0.1, -0.05) is 58.3 Å². The number of carbonyl (C=O) groups excluding carboxylic acids is 1. The van der Waals surface area contributed by atoms with Crippen LogP contribution >= 0.6 is 0 Å². The van der Waals surface area contributed by atoms with Gasteiger partial charge < -0.3 is 5.73 Å². The summed E-state index contributed by atoms with van der Waals surface area (Å²) in [5.74, 6) is 1.60. The Balaban J connectivity index is 3.12. The number of primary amides is 1. The van der Waals surface area contributed by atoms with Crippen molar-refractivity contribution in [3.8, 4) is 0 Å². The molecule has 0 fully saturated rings. The van der Waals surface area contributed by atoms with Gasteiger partial charge in [-0.05, 0) is 19.3 Å². The summed E-state index contributed by atoms with van der Waals surface area (Å²) in [6, 6.07) is 0. The summed E-state index contributed by atoms with van der Waals surface area (Å²) in [4.78, 5) is 10.5. The van der Waals surface area contributed by atoms with Gasteiger partial charge in [-0.15, -0.1) is 0 Å². The highest BCUT2D eigenvalue weighted by molar-refractivity contribution is 7.84. The first-order valence-corrected chi connectivity index (χ1v) is 9.79. The first kappa shape index (κ1) is 19.6. The molecule has 0 aliphatic rings. The summed E-state index contributed by atoms with van der Waals surface area (Å²) in [5.41, 5.74) is 5.09.